The summed E-state index contributed by atoms with van der Waals surface area (Å²) in [7, 11) is 0. The topological polar surface area (TPSA) is 54.9 Å². The van der Waals surface area contributed by atoms with Gasteiger partial charge in [0.05, 0.1) is 6.54 Å². The lowest BCUT2D eigenvalue weighted by Crippen LogP contribution is -2.31. The van der Waals surface area contributed by atoms with Crippen LogP contribution in [-0.4, -0.2) is 9.55 Å². The van der Waals surface area contributed by atoms with Gasteiger partial charge in [-0.25, -0.2) is 4.79 Å². The Morgan fingerprint density at radius 3 is 2.35 bits per heavy atom. The van der Waals surface area contributed by atoms with Crippen LogP contribution in [0.2, 0.25) is 0 Å². The zero-order valence-electron chi connectivity index (χ0n) is 12.1. The normalized spacial score (nSPS) is 11.0. The van der Waals surface area contributed by atoms with Gasteiger partial charge in [0, 0.05) is 11.8 Å². The van der Waals surface area contributed by atoms with Crippen LogP contribution >= 0.6 is 0 Å². The van der Waals surface area contributed by atoms with Crippen molar-refractivity contribution in [3.8, 4) is 0 Å². The van der Waals surface area contributed by atoms with Crippen LogP contribution in [0, 0.1) is 0 Å². The van der Waals surface area contributed by atoms with E-state index >= 15 is 0 Å². The molecular weight excluding hydrogens is 252 g/mol. The molecule has 0 amide bonds. The van der Waals surface area contributed by atoms with Gasteiger partial charge in [0.15, 0.2) is 0 Å². The Balaban J connectivity index is 2.30. The Morgan fingerprint density at radius 2 is 1.80 bits per heavy atom. The molecule has 2 rings (SSSR count). The molecule has 0 aliphatic rings. The first-order valence-electron chi connectivity index (χ1n) is 6.92. The number of nitrogens with one attached hydrogen (secondary N) is 1. The fraction of sp³-hybridized carbons (Fsp3) is 0.375. The molecular formula is C16H20N2O2. The van der Waals surface area contributed by atoms with E-state index in [1.54, 1.807) is 10.8 Å². The first-order valence-corrected chi connectivity index (χ1v) is 6.92. The Morgan fingerprint density at radius 1 is 1.15 bits per heavy atom. The molecule has 106 valence electrons. The third kappa shape index (κ3) is 3.07. The number of nitrogens with zero attached hydrogens (tertiary/aromatic N) is 1. The lowest BCUT2D eigenvalue weighted by molar-refractivity contribution is 0.707. The summed E-state index contributed by atoms with van der Waals surface area (Å²) in [6.07, 6.45) is 2.26. The third-order valence-corrected chi connectivity index (χ3v) is 3.46. The second-order valence-electron chi connectivity index (χ2n) is 5.29. The molecule has 20 heavy (non-hydrogen) atoms. The lowest BCUT2D eigenvalue weighted by atomic mass is 10.0. The molecule has 0 saturated carbocycles. The molecule has 1 aromatic heterocycles. The van der Waals surface area contributed by atoms with Gasteiger partial charge in [0.1, 0.15) is 0 Å². The van der Waals surface area contributed by atoms with Crippen molar-refractivity contribution < 1.29 is 0 Å². The maximum atomic E-state index is 11.8. The summed E-state index contributed by atoms with van der Waals surface area (Å²) in [5, 5.41) is 0. The number of rotatable bonds is 4. The molecule has 4 heteroatoms. The minimum absolute atomic E-state index is 0.288. The number of H-pyrrole nitrogens is 1. The summed E-state index contributed by atoms with van der Waals surface area (Å²) in [4.78, 5) is 25.7. The molecule has 0 spiro atoms. The van der Waals surface area contributed by atoms with Crippen LogP contribution in [0.3, 0.4) is 0 Å². The van der Waals surface area contributed by atoms with Crippen molar-refractivity contribution in [2.75, 3.05) is 0 Å². The highest BCUT2D eigenvalue weighted by Gasteiger charge is 2.04. The van der Waals surface area contributed by atoms with E-state index in [1.165, 1.54) is 5.56 Å². The van der Waals surface area contributed by atoms with Crippen molar-refractivity contribution in [3.05, 3.63) is 68.0 Å². The molecule has 0 atom stereocenters. The van der Waals surface area contributed by atoms with Crippen LogP contribution in [0.15, 0.2) is 40.1 Å². The number of benzene rings is 1. The second-order valence-corrected chi connectivity index (χ2v) is 5.29. The molecule has 0 bridgehead atoms. The van der Waals surface area contributed by atoms with Crippen LogP contribution < -0.4 is 11.2 Å². The van der Waals surface area contributed by atoms with Gasteiger partial charge in [-0.2, -0.15) is 0 Å². The second kappa shape index (κ2) is 5.90. The standard InChI is InChI=1S/C16H20N2O2/c1-4-13-10-18(16(20)17-15(13)19)9-12-5-7-14(8-6-12)11(2)3/h5-8,10-11H,4,9H2,1-3H3,(H,17,19,20). The van der Waals surface area contributed by atoms with Crippen LogP contribution in [0.1, 0.15) is 43.4 Å². The summed E-state index contributed by atoms with van der Waals surface area (Å²) >= 11 is 0. The predicted molar refractivity (Wildman–Crippen MR) is 80.3 cm³/mol. The molecule has 4 nitrogen and oxygen atoms in total. The van der Waals surface area contributed by atoms with Gasteiger partial charge < -0.3 is 0 Å². The highest BCUT2D eigenvalue weighted by Crippen LogP contribution is 2.14. The SMILES string of the molecule is CCc1cn(Cc2ccc(C(C)C)cc2)c(=O)[nH]c1=O. The van der Waals surface area contributed by atoms with Gasteiger partial charge in [-0.3, -0.25) is 14.3 Å². The Hall–Kier alpha value is -2.10. The molecule has 0 aliphatic heterocycles. The van der Waals surface area contributed by atoms with Crippen LogP contribution in [0.4, 0.5) is 0 Å². The van der Waals surface area contributed by atoms with E-state index in [0.717, 1.165) is 5.56 Å². The number of aromatic nitrogens is 2. The zero-order valence-corrected chi connectivity index (χ0v) is 12.1. The van der Waals surface area contributed by atoms with Crippen LogP contribution in [-0.2, 0) is 13.0 Å². The van der Waals surface area contributed by atoms with E-state index in [9.17, 15) is 9.59 Å². The molecule has 0 saturated heterocycles. The van der Waals surface area contributed by atoms with E-state index in [0.29, 0.717) is 24.4 Å². The van der Waals surface area contributed by atoms with Gasteiger partial charge in [-0.15, -0.1) is 0 Å². The predicted octanol–water partition coefficient (Wildman–Crippen LogP) is 2.27. The molecule has 0 aliphatic carbocycles. The third-order valence-electron chi connectivity index (χ3n) is 3.46. The minimum atomic E-state index is -0.361. The van der Waals surface area contributed by atoms with E-state index in [-0.39, 0.29) is 11.2 Å². The molecule has 0 unspecified atom stereocenters. The summed E-state index contributed by atoms with van der Waals surface area (Å²) in [5.74, 6) is 0.492. The maximum Gasteiger partial charge on any atom is 0.328 e. The zero-order chi connectivity index (χ0) is 14.7. The van der Waals surface area contributed by atoms with Gasteiger partial charge >= 0.3 is 5.69 Å². The average molecular weight is 272 g/mol. The van der Waals surface area contributed by atoms with Crippen molar-refractivity contribution >= 4 is 0 Å². The Kier molecular flexibility index (Phi) is 4.23. The van der Waals surface area contributed by atoms with Crippen molar-refractivity contribution in [2.24, 2.45) is 0 Å². The Bertz CT molecular complexity index is 694. The first kappa shape index (κ1) is 14.3. The van der Waals surface area contributed by atoms with E-state index in [1.807, 2.05) is 19.1 Å². The largest absolute Gasteiger partial charge is 0.328 e. The fourth-order valence-corrected chi connectivity index (χ4v) is 2.13. The molecule has 0 fully saturated rings. The summed E-state index contributed by atoms with van der Waals surface area (Å²) in [5.41, 5.74) is 2.30. The van der Waals surface area contributed by atoms with Gasteiger partial charge in [-0.1, -0.05) is 45.0 Å². The van der Waals surface area contributed by atoms with Crippen LogP contribution in [0.5, 0.6) is 0 Å². The summed E-state index contributed by atoms with van der Waals surface area (Å²) in [6.45, 7) is 6.67. The molecule has 1 heterocycles. The smallest absolute Gasteiger partial charge is 0.296 e. The highest BCUT2D eigenvalue weighted by atomic mass is 16.2. The number of hydrogen-bond acceptors (Lipinski definition) is 2. The van der Waals surface area contributed by atoms with E-state index in [2.05, 4.69) is 31.0 Å². The monoisotopic (exact) mass is 272 g/mol. The fourth-order valence-electron chi connectivity index (χ4n) is 2.13. The minimum Gasteiger partial charge on any atom is -0.296 e. The molecule has 1 aromatic carbocycles. The Labute approximate surface area is 118 Å². The van der Waals surface area contributed by atoms with Crippen molar-refractivity contribution in [1.82, 2.24) is 9.55 Å². The van der Waals surface area contributed by atoms with Crippen molar-refractivity contribution in [1.29, 1.82) is 0 Å². The maximum absolute atomic E-state index is 11.8. The lowest BCUT2D eigenvalue weighted by Gasteiger charge is -2.09. The number of aromatic amines is 1. The summed E-state index contributed by atoms with van der Waals surface area (Å²) in [6, 6.07) is 8.21. The van der Waals surface area contributed by atoms with Crippen molar-refractivity contribution in [3.63, 3.8) is 0 Å². The average Bonchev–Trinajstić information content (AvgIpc) is 2.42. The molecule has 1 N–H and O–H groups in total. The van der Waals surface area contributed by atoms with E-state index in [4.69, 9.17) is 0 Å². The number of aryl methyl sites for hydroxylation is 1. The first-order chi connectivity index (χ1) is 9.51. The highest BCUT2D eigenvalue weighted by molar-refractivity contribution is 5.25. The quantitative estimate of drug-likeness (QED) is 0.928. The van der Waals surface area contributed by atoms with Crippen molar-refractivity contribution in [2.45, 2.75) is 39.7 Å². The molecule has 0 radical (unpaired) electrons. The summed E-state index contributed by atoms with van der Waals surface area (Å²) < 4.78 is 1.55. The number of hydrogen-bond donors (Lipinski definition) is 1. The van der Waals surface area contributed by atoms with Crippen LogP contribution in [0.25, 0.3) is 0 Å². The molecule has 2 aromatic rings. The van der Waals surface area contributed by atoms with Gasteiger partial charge in [0.25, 0.3) is 5.56 Å². The van der Waals surface area contributed by atoms with E-state index < -0.39 is 0 Å². The van der Waals surface area contributed by atoms with Gasteiger partial charge in [0.2, 0.25) is 0 Å². The van der Waals surface area contributed by atoms with Gasteiger partial charge in [-0.05, 0) is 23.5 Å².